The van der Waals surface area contributed by atoms with Crippen LogP contribution in [0.15, 0.2) is 9.52 Å². The van der Waals surface area contributed by atoms with Crippen molar-refractivity contribution in [1.29, 1.82) is 0 Å². The molecule has 0 saturated heterocycles. The number of nitrogens with one attached hydrogen (secondary N) is 2. The minimum Gasteiger partial charge on any atom is -0.381 e. The van der Waals surface area contributed by atoms with Gasteiger partial charge in [0.1, 0.15) is 5.76 Å². The van der Waals surface area contributed by atoms with Crippen LogP contribution in [-0.2, 0) is 24.1 Å². The molecule has 1 aromatic heterocycles. The van der Waals surface area contributed by atoms with Gasteiger partial charge in [0.25, 0.3) is 0 Å². The van der Waals surface area contributed by atoms with Crippen molar-refractivity contribution in [2.45, 2.75) is 59.4 Å². The van der Waals surface area contributed by atoms with Crippen molar-refractivity contribution in [3.8, 4) is 0 Å². The highest BCUT2D eigenvalue weighted by Crippen LogP contribution is 2.15. The first kappa shape index (κ1) is 23.2. The van der Waals surface area contributed by atoms with E-state index in [1.807, 2.05) is 0 Å². The SMILES string of the molecule is CCCCOCCCNC(=NC)NCc1c(CC)noc1CC.I. The first-order chi connectivity index (χ1) is 11.3. The number of aliphatic imine (C=N–C) groups is 1. The largest absolute Gasteiger partial charge is 0.381 e. The summed E-state index contributed by atoms with van der Waals surface area (Å²) in [6.07, 6.45) is 5.01. The Hall–Kier alpha value is -0.830. The fourth-order valence-electron chi connectivity index (χ4n) is 2.26. The van der Waals surface area contributed by atoms with Crippen LogP contribution >= 0.6 is 24.0 Å². The van der Waals surface area contributed by atoms with Gasteiger partial charge in [-0.2, -0.15) is 0 Å². The minimum absolute atomic E-state index is 0. The maximum absolute atomic E-state index is 5.55. The Kier molecular flexibility index (Phi) is 14.0. The van der Waals surface area contributed by atoms with E-state index >= 15 is 0 Å². The third-order valence-corrected chi connectivity index (χ3v) is 3.66. The molecule has 0 unspecified atom stereocenters. The molecule has 1 heterocycles. The van der Waals surface area contributed by atoms with Crippen molar-refractivity contribution in [1.82, 2.24) is 15.8 Å². The Bertz CT molecular complexity index is 442. The van der Waals surface area contributed by atoms with Crippen LogP contribution in [0.3, 0.4) is 0 Å². The molecule has 6 nitrogen and oxygen atoms in total. The lowest BCUT2D eigenvalue weighted by Gasteiger charge is -2.12. The third kappa shape index (κ3) is 8.32. The van der Waals surface area contributed by atoms with Crippen molar-refractivity contribution >= 4 is 29.9 Å². The van der Waals surface area contributed by atoms with E-state index in [0.29, 0.717) is 6.54 Å². The summed E-state index contributed by atoms with van der Waals surface area (Å²) in [6.45, 7) is 9.51. The van der Waals surface area contributed by atoms with E-state index in [-0.39, 0.29) is 24.0 Å². The molecule has 7 heteroatoms. The van der Waals surface area contributed by atoms with Gasteiger partial charge >= 0.3 is 0 Å². The van der Waals surface area contributed by atoms with Crippen LogP contribution < -0.4 is 10.6 Å². The Morgan fingerprint density at radius 2 is 1.88 bits per heavy atom. The molecule has 0 radical (unpaired) electrons. The second-order valence-corrected chi connectivity index (χ2v) is 5.41. The van der Waals surface area contributed by atoms with Crippen molar-refractivity contribution < 1.29 is 9.26 Å². The summed E-state index contributed by atoms with van der Waals surface area (Å²) in [6, 6.07) is 0. The topological polar surface area (TPSA) is 71.7 Å². The number of halogens is 1. The van der Waals surface area contributed by atoms with E-state index in [1.165, 1.54) is 6.42 Å². The van der Waals surface area contributed by atoms with Crippen molar-refractivity contribution in [3.63, 3.8) is 0 Å². The molecule has 0 aliphatic heterocycles. The van der Waals surface area contributed by atoms with Gasteiger partial charge in [-0.1, -0.05) is 32.3 Å². The maximum Gasteiger partial charge on any atom is 0.191 e. The molecular weight excluding hydrogens is 419 g/mol. The summed E-state index contributed by atoms with van der Waals surface area (Å²) >= 11 is 0. The highest BCUT2D eigenvalue weighted by molar-refractivity contribution is 14.0. The predicted molar refractivity (Wildman–Crippen MR) is 109 cm³/mol. The molecule has 0 bridgehead atoms. The summed E-state index contributed by atoms with van der Waals surface area (Å²) in [5.74, 6) is 1.75. The van der Waals surface area contributed by atoms with E-state index in [9.17, 15) is 0 Å². The molecule has 0 atom stereocenters. The average molecular weight is 452 g/mol. The van der Waals surface area contributed by atoms with Gasteiger partial charge in [-0.25, -0.2) is 0 Å². The zero-order valence-electron chi connectivity index (χ0n) is 15.5. The van der Waals surface area contributed by atoms with E-state index < -0.39 is 0 Å². The normalized spacial score (nSPS) is 11.2. The Labute approximate surface area is 163 Å². The first-order valence-electron chi connectivity index (χ1n) is 8.75. The Balaban J connectivity index is 0.00000529. The van der Waals surface area contributed by atoms with Crippen LogP contribution in [0.25, 0.3) is 0 Å². The number of unbranched alkanes of at least 4 members (excludes halogenated alkanes) is 1. The zero-order chi connectivity index (χ0) is 16.9. The number of hydrogen-bond donors (Lipinski definition) is 2. The van der Waals surface area contributed by atoms with E-state index in [2.05, 4.69) is 41.6 Å². The third-order valence-electron chi connectivity index (χ3n) is 3.66. The fourth-order valence-corrected chi connectivity index (χ4v) is 2.26. The summed E-state index contributed by atoms with van der Waals surface area (Å²) in [4.78, 5) is 4.25. The standard InChI is InChI=1S/C17H32N4O2.HI/c1-5-8-11-22-12-9-10-19-17(18-4)20-13-14-15(6-2)21-23-16(14)7-3;/h5-13H2,1-4H3,(H2,18,19,20);1H. The molecule has 0 amide bonds. The van der Waals surface area contributed by atoms with Gasteiger partial charge in [0.15, 0.2) is 5.96 Å². The lowest BCUT2D eigenvalue weighted by Crippen LogP contribution is -2.37. The molecule has 1 aromatic rings. The van der Waals surface area contributed by atoms with Gasteiger partial charge in [0.2, 0.25) is 0 Å². The molecule has 1 rings (SSSR count). The monoisotopic (exact) mass is 452 g/mol. The summed E-state index contributed by atoms with van der Waals surface area (Å²) in [5, 5.41) is 10.8. The number of ether oxygens (including phenoxy) is 1. The number of nitrogens with zero attached hydrogens (tertiary/aromatic N) is 2. The molecular formula is C17H33IN4O2. The molecule has 0 fully saturated rings. The van der Waals surface area contributed by atoms with Crippen LogP contribution in [0.2, 0.25) is 0 Å². The second kappa shape index (κ2) is 14.5. The molecule has 0 saturated carbocycles. The van der Waals surface area contributed by atoms with Crippen LogP contribution in [0, 0.1) is 0 Å². The lowest BCUT2D eigenvalue weighted by molar-refractivity contribution is 0.129. The van der Waals surface area contributed by atoms with Crippen molar-refractivity contribution in [3.05, 3.63) is 17.0 Å². The Morgan fingerprint density at radius 1 is 1.12 bits per heavy atom. The maximum atomic E-state index is 5.55. The predicted octanol–water partition coefficient (Wildman–Crippen LogP) is 3.29. The van der Waals surface area contributed by atoms with Gasteiger partial charge < -0.3 is 19.9 Å². The molecule has 140 valence electrons. The fraction of sp³-hybridized carbons (Fsp3) is 0.765. The average Bonchev–Trinajstić information content (AvgIpc) is 2.98. The summed E-state index contributed by atoms with van der Waals surface area (Å²) < 4.78 is 10.9. The Morgan fingerprint density at radius 3 is 2.50 bits per heavy atom. The second-order valence-electron chi connectivity index (χ2n) is 5.41. The smallest absolute Gasteiger partial charge is 0.191 e. The van der Waals surface area contributed by atoms with Crippen molar-refractivity contribution in [2.24, 2.45) is 4.99 Å². The highest BCUT2D eigenvalue weighted by atomic mass is 127. The van der Waals surface area contributed by atoms with Crippen LogP contribution in [0.5, 0.6) is 0 Å². The van der Waals surface area contributed by atoms with E-state index in [1.54, 1.807) is 7.05 Å². The number of aromatic nitrogens is 1. The zero-order valence-corrected chi connectivity index (χ0v) is 17.8. The van der Waals surface area contributed by atoms with Crippen molar-refractivity contribution in [2.75, 3.05) is 26.8 Å². The van der Waals surface area contributed by atoms with E-state index in [4.69, 9.17) is 9.26 Å². The van der Waals surface area contributed by atoms with Gasteiger partial charge in [0, 0.05) is 45.3 Å². The molecule has 0 aliphatic rings. The molecule has 0 aromatic carbocycles. The van der Waals surface area contributed by atoms with Crippen LogP contribution in [0.1, 0.15) is 57.1 Å². The molecule has 24 heavy (non-hydrogen) atoms. The number of hydrogen-bond acceptors (Lipinski definition) is 4. The van der Waals surface area contributed by atoms with E-state index in [0.717, 1.165) is 68.4 Å². The first-order valence-corrected chi connectivity index (χ1v) is 8.75. The van der Waals surface area contributed by atoms with Crippen LogP contribution in [-0.4, -0.2) is 37.9 Å². The molecule has 2 N–H and O–H groups in total. The van der Waals surface area contributed by atoms with Crippen LogP contribution in [0.4, 0.5) is 0 Å². The summed E-state index contributed by atoms with van der Waals surface area (Å²) in [7, 11) is 1.78. The highest BCUT2D eigenvalue weighted by Gasteiger charge is 2.13. The van der Waals surface area contributed by atoms with Gasteiger partial charge in [-0.3, -0.25) is 4.99 Å². The van der Waals surface area contributed by atoms with Gasteiger partial charge in [-0.05, 0) is 19.3 Å². The number of aryl methyl sites for hydroxylation is 2. The lowest BCUT2D eigenvalue weighted by atomic mass is 10.1. The molecule has 0 spiro atoms. The molecule has 0 aliphatic carbocycles. The quantitative estimate of drug-likeness (QED) is 0.233. The number of rotatable bonds is 11. The summed E-state index contributed by atoms with van der Waals surface area (Å²) in [5.41, 5.74) is 2.18. The van der Waals surface area contributed by atoms with Gasteiger partial charge in [0.05, 0.1) is 5.69 Å². The minimum atomic E-state index is 0. The van der Waals surface area contributed by atoms with Gasteiger partial charge in [-0.15, -0.1) is 24.0 Å². The number of guanidine groups is 1.